The van der Waals surface area contributed by atoms with Gasteiger partial charge in [-0.25, -0.2) is 0 Å². The quantitative estimate of drug-likeness (QED) is 0.776. The molecule has 0 saturated heterocycles. The number of Topliss-reactive ketones (excluding diaryl/α,β-unsaturated/α-hetero) is 1. The number of rotatable bonds is 5. The Labute approximate surface area is 111 Å². The van der Waals surface area contributed by atoms with Gasteiger partial charge >= 0.3 is 0 Å². The Morgan fingerprint density at radius 3 is 2.78 bits per heavy atom. The van der Waals surface area contributed by atoms with Crippen LogP contribution >= 0.6 is 11.8 Å². The molecule has 2 rings (SSSR count). The van der Waals surface area contributed by atoms with Crippen molar-refractivity contribution in [1.82, 2.24) is 4.57 Å². The van der Waals surface area contributed by atoms with Crippen LogP contribution in [0.25, 0.3) is 0 Å². The van der Waals surface area contributed by atoms with Crippen LogP contribution in [0.5, 0.6) is 0 Å². The molecule has 18 heavy (non-hydrogen) atoms. The molecule has 0 unspecified atom stereocenters. The Hall–Kier alpha value is -1.42. The van der Waals surface area contributed by atoms with E-state index in [0.717, 1.165) is 28.5 Å². The van der Waals surface area contributed by atoms with Crippen molar-refractivity contribution in [2.24, 2.45) is 7.05 Å². The molecule has 2 heterocycles. The fourth-order valence-corrected chi connectivity index (χ4v) is 2.66. The Morgan fingerprint density at radius 1 is 1.44 bits per heavy atom. The van der Waals surface area contributed by atoms with Crippen molar-refractivity contribution in [1.29, 1.82) is 0 Å². The summed E-state index contributed by atoms with van der Waals surface area (Å²) in [7, 11) is 1.98. The smallest absolute Gasteiger partial charge is 0.174 e. The van der Waals surface area contributed by atoms with Gasteiger partial charge in [-0.05, 0) is 32.0 Å². The van der Waals surface area contributed by atoms with E-state index in [2.05, 4.69) is 0 Å². The highest BCUT2D eigenvalue weighted by atomic mass is 32.2. The summed E-state index contributed by atoms with van der Waals surface area (Å²) in [5.41, 5.74) is 2.99. The third-order valence-electron chi connectivity index (χ3n) is 3.13. The summed E-state index contributed by atoms with van der Waals surface area (Å²) in [5.74, 6) is 2.33. The molecule has 2 aromatic rings. The molecule has 0 radical (unpaired) electrons. The molecule has 0 N–H and O–H groups in total. The molecule has 0 aliphatic carbocycles. The summed E-state index contributed by atoms with van der Waals surface area (Å²) in [4.78, 5) is 12.1. The van der Waals surface area contributed by atoms with E-state index >= 15 is 0 Å². The van der Waals surface area contributed by atoms with Crippen LogP contribution < -0.4 is 0 Å². The molecule has 0 bridgehead atoms. The predicted octanol–water partition coefficient (Wildman–Crippen LogP) is 3.35. The van der Waals surface area contributed by atoms with Crippen LogP contribution in [0.1, 0.15) is 27.5 Å². The first-order chi connectivity index (χ1) is 8.59. The molecule has 0 fully saturated rings. The zero-order valence-corrected chi connectivity index (χ0v) is 11.7. The molecule has 3 nitrogen and oxygen atoms in total. The van der Waals surface area contributed by atoms with E-state index in [1.807, 2.05) is 43.7 Å². The number of thioether (sulfide) groups is 1. The normalized spacial score (nSPS) is 10.8. The van der Waals surface area contributed by atoms with Crippen molar-refractivity contribution in [3.8, 4) is 0 Å². The summed E-state index contributed by atoms with van der Waals surface area (Å²) in [5, 5.41) is 0. The van der Waals surface area contributed by atoms with Gasteiger partial charge in [0.15, 0.2) is 5.78 Å². The minimum Gasteiger partial charge on any atom is -0.468 e. The Bertz CT molecular complexity index is 540. The topological polar surface area (TPSA) is 35.1 Å². The number of carbonyl (C=O) groups is 1. The van der Waals surface area contributed by atoms with E-state index in [1.165, 1.54) is 0 Å². The third-order valence-corrected chi connectivity index (χ3v) is 4.09. The van der Waals surface area contributed by atoms with Crippen molar-refractivity contribution in [3.63, 3.8) is 0 Å². The van der Waals surface area contributed by atoms with E-state index in [0.29, 0.717) is 5.75 Å². The van der Waals surface area contributed by atoms with Gasteiger partial charge in [-0.3, -0.25) is 4.79 Å². The molecule has 0 saturated carbocycles. The third kappa shape index (κ3) is 2.70. The first-order valence-electron chi connectivity index (χ1n) is 5.86. The van der Waals surface area contributed by atoms with Gasteiger partial charge in [-0.15, -0.1) is 11.8 Å². The van der Waals surface area contributed by atoms with Crippen LogP contribution in [-0.2, 0) is 12.8 Å². The van der Waals surface area contributed by atoms with E-state index < -0.39 is 0 Å². The Balaban J connectivity index is 1.93. The molecule has 0 aliphatic rings. The second-order valence-corrected chi connectivity index (χ2v) is 5.32. The van der Waals surface area contributed by atoms with Gasteiger partial charge in [-0.2, -0.15) is 0 Å². The molecule has 0 aromatic carbocycles. The molecule has 2 aromatic heterocycles. The second-order valence-electron chi connectivity index (χ2n) is 4.34. The van der Waals surface area contributed by atoms with E-state index in [1.54, 1.807) is 18.0 Å². The second kappa shape index (κ2) is 5.48. The summed E-state index contributed by atoms with van der Waals surface area (Å²) in [6.07, 6.45) is 1.66. The van der Waals surface area contributed by atoms with Crippen molar-refractivity contribution < 1.29 is 9.21 Å². The maximum Gasteiger partial charge on any atom is 0.174 e. The standard InChI is InChI=1S/C14H17NO2S/c1-10-7-13(11(2)15(10)3)14(16)9-18-8-12-5-4-6-17-12/h4-7H,8-9H2,1-3H3. The number of hydrogen-bond acceptors (Lipinski definition) is 3. The first kappa shape index (κ1) is 13.0. The molecular weight excluding hydrogens is 246 g/mol. The van der Waals surface area contributed by atoms with Crippen molar-refractivity contribution in [2.75, 3.05) is 5.75 Å². The lowest BCUT2D eigenvalue weighted by molar-refractivity contribution is 0.102. The number of aromatic nitrogens is 1. The minimum absolute atomic E-state index is 0.188. The molecule has 96 valence electrons. The number of furan rings is 1. The van der Waals surface area contributed by atoms with E-state index in [4.69, 9.17) is 4.42 Å². The van der Waals surface area contributed by atoms with Gasteiger partial charge in [0.05, 0.1) is 17.8 Å². The number of hydrogen-bond donors (Lipinski definition) is 0. The van der Waals surface area contributed by atoms with Crippen LogP contribution in [0, 0.1) is 13.8 Å². The highest BCUT2D eigenvalue weighted by molar-refractivity contribution is 7.99. The van der Waals surface area contributed by atoms with Gasteiger partial charge in [0.25, 0.3) is 0 Å². The number of carbonyl (C=O) groups excluding carboxylic acids is 1. The zero-order valence-electron chi connectivity index (χ0n) is 10.9. The van der Waals surface area contributed by atoms with Gasteiger partial charge in [0, 0.05) is 24.0 Å². The van der Waals surface area contributed by atoms with Gasteiger partial charge in [0.2, 0.25) is 0 Å². The number of nitrogens with zero attached hydrogens (tertiary/aromatic N) is 1. The van der Waals surface area contributed by atoms with Crippen LogP contribution in [0.3, 0.4) is 0 Å². The average Bonchev–Trinajstić information content (AvgIpc) is 2.94. The largest absolute Gasteiger partial charge is 0.468 e. The van der Waals surface area contributed by atoms with Crippen molar-refractivity contribution in [2.45, 2.75) is 19.6 Å². The Morgan fingerprint density at radius 2 is 2.22 bits per heavy atom. The minimum atomic E-state index is 0.188. The van der Waals surface area contributed by atoms with Crippen LogP contribution in [0.2, 0.25) is 0 Å². The summed E-state index contributed by atoms with van der Waals surface area (Å²) >= 11 is 1.59. The average molecular weight is 263 g/mol. The highest BCUT2D eigenvalue weighted by Crippen LogP contribution is 2.18. The van der Waals surface area contributed by atoms with Gasteiger partial charge in [-0.1, -0.05) is 0 Å². The van der Waals surface area contributed by atoms with Gasteiger partial charge < -0.3 is 8.98 Å². The van der Waals surface area contributed by atoms with Crippen LogP contribution in [0.4, 0.5) is 0 Å². The lowest BCUT2D eigenvalue weighted by atomic mass is 10.2. The first-order valence-corrected chi connectivity index (χ1v) is 7.01. The van der Waals surface area contributed by atoms with Crippen molar-refractivity contribution in [3.05, 3.63) is 47.2 Å². The zero-order chi connectivity index (χ0) is 13.1. The predicted molar refractivity (Wildman–Crippen MR) is 74.1 cm³/mol. The SMILES string of the molecule is Cc1cc(C(=O)CSCc2ccco2)c(C)n1C. The molecular formula is C14H17NO2S. The summed E-state index contributed by atoms with van der Waals surface area (Å²) in [6, 6.07) is 5.75. The maximum absolute atomic E-state index is 12.1. The van der Waals surface area contributed by atoms with E-state index in [9.17, 15) is 4.79 Å². The number of ketones is 1. The Kier molecular flexibility index (Phi) is 3.97. The van der Waals surface area contributed by atoms with E-state index in [-0.39, 0.29) is 5.78 Å². The molecule has 0 spiro atoms. The van der Waals surface area contributed by atoms with Gasteiger partial charge in [0.1, 0.15) is 5.76 Å². The molecule has 0 amide bonds. The highest BCUT2D eigenvalue weighted by Gasteiger charge is 2.13. The van der Waals surface area contributed by atoms with Crippen molar-refractivity contribution >= 4 is 17.5 Å². The molecule has 0 aliphatic heterocycles. The number of aryl methyl sites for hydroxylation is 1. The lowest BCUT2D eigenvalue weighted by Crippen LogP contribution is -2.04. The van der Waals surface area contributed by atoms with Crippen LogP contribution in [-0.4, -0.2) is 16.1 Å². The molecule has 4 heteroatoms. The fraction of sp³-hybridized carbons (Fsp3) is 0.357. The lowest BCUT2D eigenvalue weighted by Gasteiger charge is -2.02. The maximum atomic E-state index is 12.1. The van der Waals surface area contributed by atoms with Crippen LogP contribution in [0.15, 0.2) is 28.9 Å². The fourth-order valence-electron chi connectivity index (χ4n) is 1.85. The monoisotopic (exact) mass is 263 g/mol. The summed E-state index contributed by atoms with van der Waals surface area (Å²) in [6.45, 7) is 4.00. The molecule has 0 atom stereocenters. The summed E-state index contributed by atoms with van der Waals surface area (Å²) < 4.78 is 7.28.